The lowest BCUT2D eigenvalue weighted by molar-refractivity contribution is 0.0923. The Morgan fingerprint density at radius 2 is 2.05 bits per heavy atom. The Labute approximate surface area is 125 Å². The van der Waals surface area contributed by atoms with Crippen molar-refractivity contribution in [3.8, 4) is 11.8 Å². The van der Waals surface area contributed by atoms with Crippen LogP contribution in [0.2, 0.25) is 0 Å². The first-order chi connectivity index (χ1) is 10.3. The molecule has 3 heteroatoms. The lowest BCUT2D eigenvalue weighted by Crippen LogP contribution is -2.38. The minimum absolute atomic E-state index is 0.0300. The van der Waals surface area contributed by atoms with Crippen LogP contribution in [-0.2, 0) is 0 Å². The summed E-state index contributed by atoms with van der Waals surface area (Å²) in [5, 5.41) is 11.9. The van der Waals surface area contributed by atoms with Gasteiger partial charge in [0.05, 0.1) is 6.61 Å². The molecule has 2 bridgehead atoms. The first kappa shape index (κ1) is 14.2. The zero-order chi connectivity index (χ0) is 14.7. The number of nitrogens with one attached hydrogen (secondary N) is 1. The van der Waals surface area contributed by atoms with E-state index in [2.05, 4.69) is 17.2 Å². The normalized spacial score (nSPS) is 26.2. The lowest BCUT2D eigenvalue weighted by Gasteiger charge is -2.22. The van der Waals surface area contributed by atoms with E-state index in [4.69, 9.17) is 5.11 Å². The van der Waals surface area contributed by atoms with E-state index in [9.17, 15) is 4.79 Å². The number of amides is 1. The highest BCUT2D eigenvalue weighted by Crippen LogP contribution is 2.44. The number of fused-ring (bicyclic) bond motifs is 2. The molecule has 3 nitrogen and oxygen atoms in total. The number of rotatable bonds is 3. The van der Waals surface area contributed by atoms with Crippen LogP contribution >= 0.6 is 0 Å². The molecular formula is C18H21NO2. The number of hydrogen-bond donors (Lipinski definition) is 2. The van der Waals surface area contributed by atoms with Crippen molar-refractivity contribution in [1.82, 2.24) is 5.32 Å². The molecule has 3 unspecified atom stereocenters. The highest BCUT2D eigenvalue weighted by Gasteiger charge is 2.40. The predicted molar refractivity (Wildman–Crippen MR) is 81.7 cm³/mol. The molecule has 2 saturated carbocycles. The van der Waals surface area contributed by atoms with Gasteiger partial charge in [-0.3, -0.25) is 4.79 Å². The van der Waals surface area contributed by atoms with E-state index in [1.54, 1.807) is 0 Å². The molecule has 2 fully saturated rings. The molecule has 0 saturated heterocycles. The van der Waals surface area contributed by atoms with Crippen molar-refractivity contribution in [2.24, 2.45) is 11.8 Å². The maximum absolute atomic E-state index is 12.3. The average Bonchev–Trinajstić information content (AvgIpc) is 3.11. The molecule has 2 aliphatic rings. The minimum Gasteiger partial charge on any atom is -0.395 e. The second-order valence-corrected chi connectivity index (χ2v) is 6.11. The summed E-state index contributed by atoms with van der Waals surface area (Å²) in [6, 6.07) is 7.75. The van der Waals surface area contributed by atoms with Crippen LogP contribution in [0.4, 0.5) is 0 Å². The van der Waals surface area contributed by atoms with Crippen LogP contribution in [0, 0.1) is 23.7 Å². The van der Waals surface area contributed by atoms with Crippen molar-refractivity contribution in [1.29, 1.82) is 0 Å². The van der Waals surface area contributed by atoms with Gasteiger partial charge >= 0.3 is 0 Å². The monoisotopic (exact) mass is 283 g/mol. The fourth-order valence-corrected chi connectivity index (χ4v) is 3.60. The number of carbonyl (C=O) groups excluding carboxylic acids is 1. The molecule has 0 aliphatic heterocycles. The Balaban J connectivity index is 1.59. The highest BCUT2D eigenvalue weighted by molar-refractivity contribution is 5.94. The van der Waals surface area contributed by atoms with Crippen molar-refractivity contribution in [2.45, 2.75) is 38.1 Å². The van der Waals surface area contributed by atoms with Crippen molar-refractivity contribution < 1.29 is 9.90 Å². The van der Waals surface area contributed by atoms with Crippen LogP contribution in [0.5, 0.6) is 0 Å². The van der Waals surface area contributed by atoms with E-state index < -0.39 is 0 Å². The molecule has 1 aromatic carbocycles. The summed E-state index contributed by atoms with van der Waals surface area (Å²) in [5.41, 5.74) is 1.57. The Bertz CT molecular complexity index is 567. The summed E-state index contributed by atoms with van der Waals surface area (Å²) in [4.78, 5) is 12.3. The van der Waals surface area contributed by atoms with E-state index in [-0.39, 0.29) is 12.5 Å². The Hall–Kier alpha value is -1.79. The number of hydrogen-bond acceptors (Lipinski definition) is 2. The fourth-order valence-electron chi connectivity index (χ4n) is 3.60. The summed E-state index contributed by atoms with van der Waals surface area (Å²) in [6.07, 6.45) is 5.55. The largest absolute Gasteiger partial charge is 0.395 e. The predicted octanol–water partition coefficient (Wildman–Crippen LogP) is 2.34. The minimum atomic E-state index is 0.0300. The zero-order valence-corrected chi connectivity index (χ0v) is 12.1. The lowest BCUT2D eigenvalue weighted by atomic mass is 9.95. The van der Waals surface area contributed by atoms with E-state index in [1.165, 1.54) is 19.3 Å². The van der Waals surface area contributed by atoms with Crippen LogP contribution in [0.25, 0.3) is 0 Å². The Morgan fingerprint density at radius 1 is 1.24 bits per heavy atom. The van der Waals surface area contributed by atoms with Gasteiger partial charge in [-0.15, -0.1) is 0 Å². The number of benzene rings is 1. The first-order valence-corrected chi connectivity index (χ1v) is 7.77. The van der Waals surface area contributed by atoms with Gasteiger partial charge in [-0.05, 0) is 55.4 Å². The second kappa shape index (κ2) is 6.32. The zero-order valence-electron chi connectivity index (χ0n) is 12.1. The van der Waals surface area contributed by atoms with Gasteiger partial charge < -0.3 is 10.4 Å². The summed E-state index contributed by atoms with van der Waals surface area (Å²) < 4.78 is 0. The maximum Gasteiger partial charge on any atom is 0.251 e. The molecular weight excluding hydrogens is 262 g/mol. The third-order valence-electron chi connectivity index (χ3n) is 4.67. The van der Waals surface area contributed by atoms with Crippen LogP contribution in [-0.4, -0.2) is 23.7 Å². The van der Waals surface area contributed by atoms with Gasteiger partial charge in [0, 0.05) is 23.6 Å². The van der Waals surface area contributed by atoms with Crippen molar-refractivity contribution >= 4 is 5.91 Å². The third-order valence-corrected chi connectivity index (χ3v) is 4.67. The maximum atomic E-state index is 12.3. The number of aliphatic hydroxyl groups is 1. The first-order valence-electron chi connectivity index (χ1n) is 7.77. The van der Waals surface area contributed by atoms with E-state index in [1.807, 2.05) is 24.3 Å². The molecule has 0 heterocycles. The highest BCUT2D eigenvalue weighted by atomic mass is 16.2. The van der Waals surface area contributed by atoms with Crippen LogP contribution in [0.15, 0.2) is 24.3 Å². The van der Waals surface area contributed by atoms with E-state index in [0.29, 0.717) is 23.9 Å². The van der Waals surface area contributed by atoms with E-state index in [0.717, 1.165) is 17.9 Å². The molecule has 1 aromatic rings. The van der Waals surface area contributed by atoms with Gasteiger partial charge in [-0.1, -0.05) is 18.3 Å². The second-order valence-electron chi connectivity index (χ2n) is 6.11. The van der Waals surface area contributed by atoms with Crippen LogP contribution in [0.3, 0.4) is 0 Å². The molecule has 3 atom stereocenters. The van der Waals surface area contributed by atoms with Crippen molar-refractivity contribution in [3.63, 3.8) is 0 Å². The summed E-state index contributed by atoms with van der Waals surface area (Å²) in [6.45, 7) is 0.0804. The van der Waals surface area contributed by atoms with Crippen LogP contribution < -0.4 is 5.32 Å². The van der Waals surface area contributed by atoms with Gasteiger partial charge in [0.1, 0.15) is 0 Å². The van der Waals surface area contributed by atoms with Gasteiger partial charge in [0.2, 0.25) is 0 Å². The molecule has 110 valence electrons. The Morgan fingerprint density at radius 3 is 2.67 bits per heavy atom. The molecule has 1 amide bonds. The van der Waals surface area contributed by atoms with Crippen molar-refractivity contribution in [2.75, 3.05) is 6.61 Å². The SMILES string of the molecule is O=C(NC1CC2CCC1C2)c1ccc(C#CCCO)cc1. The molecule has 0 spiro atoms. The number of aliphatic hydroxyl groups excluding tert-OH is 1. The average molecular weight is 283 g/mol. The van der Waals surface area contributed by atoms with Gasteiger partial charge in [-0.25, -0.2) is 0 Å². The molecule has 0 radical (unpaired) electrons. The standard InChI is InChI=1S/C18H21NO2/c20-10-2-1-3-13-4-7-15(8-5-13)18(21)19-17-12-14-6-9-16(17)11-14/h4-5,7-8,14,16-17,20H,2,6,9-12H2,(H,19,21). The van der Waals surface area contributed by atoms with Crippen molar-refractivity contribution in [3.05, 3.63) is 35.4 Å². The van der Waals surface area contributed by atoms with Gasteiger partial charge in [0.25, 0.3) is 5.91 Å². The molecule has 0 aromatic heterocycles. The fraction of sp³-hybridized carbons (Fsp3) is 0.500. The summed E-state index contributed by atoms with van der Waals surface area (Å²) in [7, 11) is 0. The molecule has 2 N–H and O–H groups in total. The third kappa shape index (κ3) is 3.28. The van der Waals surface area contributed by atoms with Gasteiger partial charge in [-0.2, -0.15) is 0 Å². The van der Waals surface area contributed by atoms with Gasteiger partial charge in [0.15, 0.2) is 0 Å². The summed E-state index contributed by atoms with van der Waals surface area (Å²) >= 11 is 0. The summed E-state index contributed by atoms with van der Waals surface area (Å²) in [5.74, 6) is 7.41. The molecule has 2 aliphatic carbocycles. The number of carbonyl (C=O) groups is 1. The topological polar surface area (TPSA) is 49.3 Å². The molecule has 3 rings (SSSR count). The Kier molecular flexibility index (Phi) is 4.26. The molecule has 21 heavy (non-hydrogen) atoms. The van der Waals surface area contributed by atoms with Crippen LogP contribution in [0.1, 0.15) is 48.0 Å². The quantitative estimate of drug-likeness (QED) is 0.837. The van der Waals surface area contributed by atoms with E-state index >= 15 is 0 Å². The smallest absolute Gasteiger partial charge is 0.251 e.